The number of rotatable bonds is 4. The zero-order valence-electron chi connectivity index (χ0n) is 11.8. The lowest BCUT2D eigenvalue weighted by molar-refractivity contribution is 0.634. The van der Waals surface area contributed by atoms with Gasteiger partial charge >= 0.3 is 0 Å². The van der Waals surface area contributed by atoms with E-state index in [0.717, 1.165) is 12.1 Å². The minimum Gasteiger partial charge on any atom is -0.306 e. The van der Waals surface area contributed by atoms with E-state index in [1.165, 1.54) is 21.4 Å². The van der Waals surface area contributed by atoms with E-state index in [9.17, 15) is 0 Å². The monoisotopic (exact) mass is 282 g/mol. The number of aryl methyl sites for hydroxylation is 1. The third-order valence-corrected chi connectivity index (χ3v) is 4.47. The zero-order chi connectivity index (χ0) is 13.9. The smallest absolute Gasteiger partial charge is 0.0705 e. The van der Waals surface area contributed by atoms with E-state index in [1.807, 2.05) is 12.3 Å². The van der Waals surface area contributed by atoms with Gasteiger partial charge in [-0.05, 0) is 48.2 Å². The van der Waals surface area contributed by atoms with Crippen LogP contribution in [0.5, 0.6) is 0 Å². The van der Waals surface area contributed by atoms with Gasteiger partial charge in [0.1, 0.15) is 0 Å². The fourth-order valence-electron chi connectivity index (χ4n) is 2.66. The minimum atomic E-state index is 0.235. The van der Waals surface area contributed by atoms with Crippen LogP contribution in [-0.4, -0.2) is 11.5 Å². The van der Waals surface area contributed by atoms with Crippen molar-refractivity contribution in [3.05, 3.63) is 64.0 Å². The number of aromatic nitrogens is 1. The Bertz CT molecular complexity index is 712. The molecule has 0 spiro atoms. The van der Waals surface area contributed by atoms with Crippen molar-refractivity contribution in [2.75, 3.05) is 6.54 Å². The number of hydrogen-bond acceptors (Lipinski definition) is 3. The van der Waals surface area contributed by atoms with E-state index in [2.05, 4.69) is 59.9 Å². The highest BCUT2D eigenvalue weighted by Crippen LogP contribution is 2.31. The molecule has 3 heteroatoms. The number of nitrogens with zero attached hydrogens (tertiary/aromatic N) is 1. The van der Waals surface area contributed by atoms with Crippen molar-refractivity contribution in [2.24, 2.45) is 0 Å². The van der Waals surface area contributed by atoms with Crippen LogP contribution in [-0.2, 0) is 0 Å². The lowest BCUT2D eigenvalue weighted by Gasteiger charge is -2.20. The molecule has 0 saturated carbocycles. The molecule has 3 rings (SSSR count). The number of benzene rings is 1. The van der Waals surface area contributed by atoms with Gasteiger partial charge in [-0.1, -0.05) is 25.1 Å². The maximum Gasteiger partial charge on any atom is 0.0705 e. The molecule has 0 bridgehead atoms. The molecule has 2 heterocycles. The largest absolute Gasteiger partial charge is 0.306 e. The van der Waals surface area contributed by atoms with Gasteiger partial charge in [0.15, 0.2) is 0 Å². The van der Waals surface area contributed by atoms with Crippen LogP contribution < -0.4 is 5.32 Å². The molecule has 0 aliphatic carbocycles. The van der Waals surface area contributed by atoms with Crippen LogP contribution >= 0.6 is 11.3 Å². The SMILES string of the molecule is CCNC(c1ccsc1C)c1cccc2ncccc12. The molecule has 0 amide bonds. The second-order valence-corrected chi connectivity index (χ2v) is 5.96. The summed E-state index contributed by atoms with van der Waals surface area (Å²) in [5.41, 5.74) is 3.73. The summed E-state index contributed by atoms with van der Waals surface area (Å²) in [5.74, 6) is 0. The van der Waals surface area contributed by atoms with Crippen molar-refractivity contribution < 1.29 is 0 Å². The highest BCUT2D eigenvalue weighted by atomic mass is 32.1. The highest BCUT2D eigenvalue weighted by molar-refractivity contribution is 7.10. The first kappa shape index (κ1) is 13.3. The standard InChI is InChI=1S/C17H18N2S/c1-3-18-17(13-9-11-20-12(13)2)15-6-4-8-16-14(15)7-5-10-19-16/h4-11,17-18H,3H2,1-2H3. The van der Waals surface area contributed by atoms with Gasteiger partial charge in [0.2, 0.25) is 0 Å². The molecule has 1 atom stereocenters. The molecule has 2 aromatic heterocycles. The first-order valence-electron chi connectivity index (χ1n) is 6.92. The summed E-state index contributed by atoms with van der Waals surface area (Å²) in [7, 11) is 0. The molecule has 0 fully saturated rings. The van der Waals surface area contributed by atoms with Crippen LogP contribution in [0.1, 0.15) is 29.0 Å². The number of thiophene rings is 1. The van der Waals surface area contributed by atoms with E-state index in [1.54, 1.807) is 11.3 Å². The van der Waals surface area contributed by atoms with Gasteiger partial charge in [-0.25, -0.2) is 0 Å². The maximum atomic E-state index is 4.46. The highest BCUT2D eigenvalue weighted by Gasteiger charge is 2.18. The normalized spacial score (nSPS) is 12.7. The van der Waals surface area contributed by atoms with E-state index in [-0.39, 0.29) is 6.04 Å². The van der Waals surface area contributed by atoms with Gasteiger partial charge in [-0.2, -0.15) is 0 Å². The average molecular weight is 282 g/mol. The second-order valence-electron chi connectivity index (χ2n) is 4.84. The maximum absolute atomic E-state index is 4.46. The Labute approximate surface area is 123 Å². The third-order valence-electron chi connectivity index (χ3n) is 3.61. The van der Waals surface area contributed by atoms with Gasteiger partial charge < -0.3 is 5.32 Å². The summed E-state index contributed by atoms with van der Waals surface area (Å²) in [6.45, 7) is 5.28. The summed E-state index contributed by atoms with van der Waals surface area (Å²) in [6, 6.07) is 13.0. The summed E-state index contributed by atoms with van der Waals surface area (Å²) in [4.78, 5) is 5.84. The number of nitrogens with one attached hydrogen (secondary N) is 1. The molecule has 20 heavy (non-hydrogen) atoms. The Kier molecular flexibility index (Phi) is 3.81. The van der Waals surface area contributed by atoms with Crippen LogP contribution in [0.2, 0.25) is 0 Å². The molecule has 0 saturated heterocycles. The number of hydrogen-bond donors (Lipinski definition) is 1. The fourth-order valence-corrected chi connectivity index (χ4v) is 3.41. The van der Waals surface area contributed by atoms with Gasteiger partial charge in [-0.3, -0.25) is 4.98 Å². The van der Waals surface area contributed by atoms with Crippen LogP contribution in [0.25, 0.3) is 10.9 Å². The van der Waals surface area contributed by atoms with Gasteiger partial charge in [0.05, 0.1) is 11.6 Å². The first-order valence-corrected chi connectivity index (χ1v) is 7.80. The third kappa shape index (κ3) is 2.35. The Morgan fingerprint density at radius 1 is 1.15 bits per heavy atom. The topological polar surface area (TPSA) is 24.9 Å². The first-order chi connectivity index (χ1) is 9.81. The van der Waals surface area contributed by atoms with Crippen LogP contribution in [0, 0.1) is 6.92 Å². The van der Waals surface area contributed by atoms with Crippen molar-refractivity contribution in [3.63, 3.8) is 0 Å². The quantitative estimate of drug-likeness (QED) is 0.771. The Hall–Kier alpha value is -1.71. The molecular weight excluding hydrogens is 264 g/mol. The minimum absolute atomic E-state index is 0.235. The Morgan fingerprint density at radius 3 is 2.80 bits per heavy atom. The van der Waals surface area contributed by atoms with Crippen LogP contribution in [0.3, 0.4) is 0 Å². The molecule has 1 N–H and O–H groups in total. The Balaban J connectivity index is 2.17. The van der Waals surface area contributed by atoms with Crippen molar-refractivity contribution >= 4 is 22.2 Å². The van der Waals surface area contributed by atoms with Gasteiger partial charge in [0, 0.05) is 16.5 Å². The summed E-state index contributed by atoms with van der Waals surface area (Å²) < 4.78 is 0. The lowest BCUT2D eigenvalue weighted by atomic mass is 9.95. The summed E-state index contributed by atoms with van der Waals surface area (Å²) >= 11 is 1.80. The molecule has 0 aliphatic rings. The van der Waals surface area contributed by atoms with Crippen LogP contribution in [0.15, 0.2) is 48.0 Å². The average Bonchev–Trinajstić information content (AvgIpc) is 2.90. The molecule has 1 unspecified atom stereocenters. The predicted molar refractivity (Wildman–Crippen MR) is 86.3 cm³/mol. The second kappa shape index (κ2) is 5.73. The number of fused-ring (bicyclic) bond motifs is 1. The van der Waals surface area contributed by atoms with Crippen molar-refractivity contribution in [1.29, 1.82) is 0 Å². The van der Waals surface area contributed by atoms with Gasteiger partial charge in [-0.15, -0.1) is 11.3 Å². The number of pyridine rings is 1. The molecule has 102 valence electrons. The van der Waals surface area contributed by atoms with E-state index in [4.69, 9.17) is 0 Å². The van der Waals surface area contributed by atoms with E-state index < -0.39 is 0 Å². The van der Waals surface area contributed by atoms with Crippen molar-refractivity contribution in [1.82, 2.24) is 10.3 Å². The molecule has 3 aromatic rings. The van der Waals surface area contributed by atoms with Crippen LogP contribution in [0.4, 0.5) is 0 Å². The fraction of sp³-hybridized carbons (Fsp3) is 0.235. The molecule has 0 radical (unpaired) electrons. The van der Waals surface area contributed by atoms with Crippen molar-refractivity contribution in [2.45, 2.75) is 19.9 Å². The summed E-state index contributed by atoms with van der Waals surface area (Å²) in [5, 5.41) is 7.01. The van der Waals surface area contributed by atoms with Crippen molar-refractivity contribution in [3.8, 4) is 0 Å². The molecular formula is C17H18N2S. The van der Waals surface area contributed by atoms with E-state index >= 15 is 0 Å². The zero-order valence-corrected chi connectivity index (χ0v) is 12.6. The Morgan fingerprint density at radius 2 is 2.05 bits per heavy atom. The lowest BCUT2D eigenvalue weighted by Crippen LogP contribution is -2.22. The molecule has 2 nitrogen and oxygen atoms in total. The van der Waals surface area contributed by atoms with Gasteiger partial charge in [0.25, 0.3) is 0 Å². The summed E-state index contributed by atoms with van der Waals surface area (Å²) in [6.07, 6.45) is 1.85. The predicted octanol–water partition coefficient (Wildman–Crippen LogP) is 4.30. The van der Waals surface area contributed by atoms with E-state index in [0.29, 0.717) is 0 Å². The molecule has 1 aromatic carbocycles. The molecule has 0 aliphatic heterocycles.